The van der Waals surface area contributed by atoms with Gasteiger partial charge in [0.05, 0.1) is 6.54 Å². The van der Waals surface area contributed by atoms with E-state index in [1.807, 2.05) is 54.0 Å². The summed E-state index contributed by atoms with van der Waals surface area (Å²) in [6, 6.07) is 18.2. The van der Waals surface area contributed by atoms with Crippen molar-refractivity contribution in [3.8, 4) is 5.75 Å². The number of nitrogens with zero attached hydrogens (tertiary/aromatic N) is 4. The second-order valence-electron chi connectivity index (χ2n) is 6.85. The molecule has 0 unspecified atom stereocenters. The van der Waals surface area contributed by atoms with Gasteiger partial charge in [0.25, 0.3) is 0 Å². The highest BCUT2D eigenvalue weighted by molar-refractivity contribution is 14.0. The Morgan fingerprint density at radius 2 is 1.77 bits per heavy atom. The quantitative estimate of drug-likeness (QED) is 0.294. The molecule has 1 aromatic heterocycles. The van der Waals surface area contributed by atoms with Crippen molar-refractivity contribution in [1.82, 2.24) is 9.88 Å². The fourth-order valence-electron chi connectivity index (χ4n) is 3.28. The number of aliphatic imine (C=N–C) groups is 1. The summed E-state index contributed by atoms with van der Waals surface area (Å²) in [6.45, 7) is 4.54. The standard InChI is InChI=1S/C22H25N5OS.HI/c23-21(26-11-13-27(14-12-26)22-24-10-15-29-22)25-16-19-8-4-5-9-20(19)28-17-18-6-2-1-3-7-18;/h1-10,15H,11-14,16-17H2,(H2,23,25);1H. The zero-order chi connectivity index (χ0) is 19.9. The van der Waals surface area contributed by atoms with E-state index in [-0.39, 0.29) is 24.0 Å². The maximum absolute atomic E-state index is 6.28. The molecule has 0 saturated carbocycles. The summed E-state index contributed by atoms with van der Waals surface area (Å²) in [5.41, 5.74) is 8.46. The van der Waals surface area contributed by atoms with Crippen LogP contribution in [0.4, 0.5) is 5.13 Å². The van der Waals surface area contributed by atoms with Crippen LogP contribution in [0.2, 0.25) is 0 Å². The van der Waals surface area contributed by atoms with E-state index in [4.69, 9.17) is 10.5 Å². The number of ether oxygens (including phenoxy) is 1. The van der Waals surface area contributed by atoms with Crippen LogP contribution in [0.5, 0.6) is 5.75 Å². The van der Waals surface area contributed by atoms with E-state index < -0.39 is 0 Å². The highest BCUT2D eigenvalue weighted by atomic mass is 127. The third-order valence-corrected chi connectivity index (χ3v) is 5.75. The summed E-state index contributed by atoms with van der Waals surface area (Å²) in [5, 5.41) is 3.08. The Morgan fingerprint density at radius 3 is 2.50 bits per heavy atom. The van der Waals surface area contributed by atoms with E-state index >= 15 is 0 Å². The Morgan fingerprint density at radius 1 is 1.03 bits per heavy atom. The lowest BCUT2D eigenvalue weighted by Crippen LogP contribution is -2.51. The maximum Gasteiger partial charge on any atom is 0.191 e. The van der Waals surface area contributed by atoms with Crippen LogP contribution < -0.4 is 15.4 Å². The predicted molar refractivity (Wildman–Crippen MR) is 134 cm³/mol. The van der Waals surface area contributed by atoms with Gasteiger partial charge in [0.1, 0.15) is 12.4 Å². The number of rotatable bonds is 6. The van der Waals surface area contributed by atoms with Gasteiger partial charge in [-0.15, -0.1) is 35.3 Å². The first-order chi connectivity index (χ1) is 14.3. The van der Waals surface area contributed by atoms with E-state index in [1.165, 1.54) is 0 Å². The van der Waals surface area contributed by atoms with Gasteiger partial charge in [0, 0.05) is 43.3 Å². The Bertz CT molecular complexity index is 928. The number of piperazine rings is 1. The molecule has 0 atom stereocenters. The minimum Gasteiger partial charge on any atom is -0.489 e. The van der Waals surface area contributed by atoms with Crippen LogP contribution in [-0.2, 0) is 13.2 Å². The van der Waals surface area contributed by atoms with Gasteiger partial charge in [-0.1, -0.05) is 48.5 Å². The van der Waals surface area contributed by atoms with Gasteiger partial charge in [-0.05, 0) is 11.6 Å². The number of anilines is 1. The molecule has 0 aliphatic carbocycles. The molecule has 0 bridgehead atoms. The molecule has 1 saturated heterocycles. The molecule has 2 aromatic carbocycles. The van der Waals surface area contributed by atoms with Crippen molar-refractivity contribution in [1.29, 1.82) is 0 Å². The molecule has 1 fully saturated rings. The van der Waals surface area contributed by atoms with Crippen molar-refractivity contribution in [3.63, 3.8) is 0 Å². The molecular weight excluding hydrogens is 509 g/mol. The zero-order valence-corrected chi connectivity index (χ0v) is 19.8. The second-order valence-corrected chi connectivity index (χ2v) is 7.72. The lowest BCUT2D eigenvalue weighted by atomic mass is 10.2. The number of para-hydroxylation sites is 1. The molecule has 4 rings (SSSR count). The number of halogens is 1. The highest BCUT2D eigenvalue weighted by Gasteiger charge is 2.19. The van der Waals surface area contributed by atoms with Crippen molar-refractivity contribution in [3.05, 3.63) is 77.3 Å². The van der Waals surface area contributed by atoms with Crippen LogP contribution in [0.25, 0.3) is 0 Å². The molecule has 6 nitrogen and oxygen atoms in total. The Kier molecular flexibility index (Phi) is 8.32. The molecule has 1 aliphatic heterocycles. The third-order valence-electron chi connectivity index (χ3n) is 4.91. The Balaban J connectivity index is 0.00000256. The van der Waals surface area contributed by atoms with E-state index in [0.717, 1.165) is 48.2 Å². The van der Waals surface area contributed by atoms with Crippen LogP contribution in [0.3, 0.4) is 0 Å². The smallest absolute Gasteiger partial charge is 0.191 e. The second kappa shape index (κ2) is 11.2. The minimum atomic E-state index is 0. The summed E-state index contributed by atoms with van der Waals surface area (Å²) in [4.78, 5) is 13.4. The first-order valence-corrected chi connectivity index (χ1v) is 10.6. The molecule has 0 radical (unpaired) electrons. The number of thiazole rings is 1. The van der Waals surface area contributed by atoms with Crippen molar-refractivity contribution in [2.24, 2.45) is 10.7 Å². The van der Waals surface area contributed by atoms with Crippen LogP contribution in [-0.4, -0.2) is 42.0 Å². The molecule has 0 spiro atoms. The summed E-state index contributed by atoms with van der Waals surface area (Å²) in [7, 11) is 0. The third kappa shape index (κ3) is 5.85. The van der Waals surface area contributed by atoms with Gasteiger partial charge in [-0.25, -0.2) is 9.98 Å². The topological polar surface area (TPSA) is 67.0 Å². The van der Waals surface area contributed by atoms with Gasteiger partial charge in [0.2, 0.25) is 0 Å². The molecule has 2 N–H and O–H groups in total. The van der Waals surface area contributed by atoms with E-state index in [0.29, 0.717) is 19.1 Å². The zero-order valence-electron chi connectivity index (χ0n) is 16.7. The first kappa shape index (κ1) is 22.4. The number of guanidine groups is 1. The number of benzene rings is 2. The summed E-state index contributed by atoms with van der Waals surface area (Å²) in [5.74, 6) is 1.43. The van der Waals surface area contributed by atoms with Gasteiger partial charge >= 0.3 is 0 Å². The van der Waals surface area contributed by atoms with Crippen molar-refractivity contribution in [2.45, 2.75) is 13.2 Å². The average molecular weight is 535 g/mol. The summed E-state index contributed by atoms with van der Waals surface area (Å²) >= 11 is 1.67. The normalized spacial score (nSPS) is 14.3. The van der Waals surface area contributed by atoms with Gasteiger partial charge in [-0.2, -0.15) is 0 Å². The number of nitrogens with two attached hydrogens (primary N) is 1. The average Bonchev–Trinajstić information content (AvgIpc) is 3.32. The van der Waals surface area contributed by atoms with Crippen molar-refractivity contribution < 1.29 is 4.74 Å². The maximum atomic E-state index is 6.28. The molecule has 8 heteroatoms. The SMILES string of the molecule is I.NC(=NCc1ccccc1OCc1ccccc1)N1CCN(c2nccs2)CC1. The van der Waals surface area contributed by atoms with Crippen LogP contribution >= 0.6 is 35.3 Å². The van der Waals surface area contributed by atoms with Gasteiger partial charge in [-0.3, -0.25) is 0 Å². The molecule has 3 aromatic rings. The molecular formula is C22H26IN5OS. The fraction of sp³-hybridized carbons (Fsp3) is 0.273. The molecule has 1 aliphatic rings. The van der Waals surface area contributed by atoms with E-state index in [9.17, 15) is 0 Å². The van der Waals surface area contributed by atoms with E-state index in [1.54, 1.807) is 11.3 Å². The molecule has 30 heavy (non-hydrogen) atoms. The molecule has 0 amide bonds. The number of hydrogen-bond donors (Lipinski definition) is 1. The van der Waals surface area contributed by atoms with Crippen molar-refractivity contribution in [2.75, 3.05) is 31.1 Å². The van der Waals surface area contributed by atoms with Crippen molar-refractivity contribution >= 4 is 46.4 Å². The largest absolute Gasteiger partial charge is 0.489 e. The predicted octanol–water partition coefficient (Wildman–Crippen LogP) is 3.98. The summed E-state index contributed by atoms with van der Waals surface area (Å²) in [6.07, 6.45) is 1.85. The Labute approximate surface area is 198 Å². The minimum absolute atomic E-state index is 0. The van der Waals surface area contributed by atoms with E-state index in [2.05, 4.69) is 31.9 Å². The summed E-state index contributed by atoms with van der Waals surface area (Å²) < 4.78 is 6.02. The van der Waals surface area contributed by atoms with Crippen LogP contribution in [0, 0.1) is 0 Å². The fourth-order valence-corrected chi connectivity index (χ4v) is 3.97. The molecule has 158 valence electrons. The monoisotopic (exact) mass is 535 g/mol. The highest BCUT2D eigenvalue weighted by Crippen LogP contribution is 2.21. The van der Waals surface area contributed by atoms with Gasteiger partial charge < -0.3 is 20.3 Å². The molecule has 2 heterocycles. The number of aromatic nitrogens is 1. The number of hydrogen-bond acceptors (Lipinski definition) is 5. The first-order valence-electron chi connectivity index (χ1n) is 9.73. The Hall–Kier alpha value is -2.33. The lowest BCUT2D eigenvalue weighted by molar-refractivity contribution is 0.303. The van der Waals surface area contributed by atoms with Crippen LogP contribution in [0.15, 0.2) is 71.2 Å². The van der Waals surface area contributed by atoms with Gasteiger partial charge in [0.15, 0.2) is 11.1 Å². The lowest BCUT2D eigenvalue weighted by Gasteiger charge is -2.35. The van der Waals surface area contributed by atoms with Crippen LogP contribution in [0.1, 0.15) is 11.1 Å².